The molecule has 2 rings (SSSR count). The Labute approximate surface area is 135 Å². The van der Waals surface area contributed by atoms with Gasteiger partial charge in [0.15, 0.2) is 0 Å². The molecule has 1 N–H and O–H groups in total. The van der Waals surface area contributed by atoms with E-state index in [9.17, 15) is 4.79 Å². The van der Waals surface area contributed by atoms with Gasteiger partial charge in [-0.2, -0.15) is 0 Å². The van der Waals surface area contributed by atoms with E-state index in [2.05, 4.69) is 10.2 Å². The number of halogens is 2. The molecule has 1 saturated heterocycles. The van der Waals surface area contributed by atoms with Crippen LogP contribution in [0.2, 0.25) is 10.0 Å². The van der Waals surface area contributed by atoms with E-state index in [1.165, 1.54) is 0 Å². The summed E-state index contributed by atoms with van der Waals surface area (Å²) >= 11 is 12.4. The van der Waals surface area contributed by atoms with Crippen molar-refractivity contribution < 1.29 is 9.53 Å². The molecule has 0 saturated carbocycles. The largest absolute Gasteiger partial charge is 0.465 e. The Hall–Kier alpha value is -0.810. The molecule has 21 heavy (non-hydrogen) atoms. The van der Waals surface area contributed by atoms with E-state index in [0.29, 0.717) is 22.2 Å². The summed E-state index contributed by atoms with van der Waals surface area (Å²) in [4.78, 5) is 14.5. The third-order valence-corrected chi connectivity index (χ3v) is 4.08. The van der Waals surface area contributed by atoms with Crippen LogP contribution in [-0.4, -0.2) is 43.7 Å². The lowest BCUT2D eigenvalue weighted by Gasteiger charge is -2.29. The van der Waals surface area contributed by atoms with Crippen LogP contribution in [-0.2, 0) is 9.53 Å². The number of hydrogen-bond acceptors (Lipinski definition) is 4. The molecule has 1 aromatic rings. The highest BCUT2D eigenvalue weighted by Crippen LogP contribution is 2.31. The van der Waals surface area contributed by atoms with Crippen LogP contribution in [0, 0.1) is 0 Å². The van der Waals surface area contributed by atoms with Crippen molar-refractivity contribution in [1.82, 2.24) is 10.2 Å². The van der Waals surface area contributed by atoms with Crippen LogP contribution in [0.3, 0.4) is 0 Å². The maximum absolute atomic E-state index is 12.4. The zero-order valence-electron chi connectivity index (χ0n) is 12.1. The lowest BCUT2D eigenvalue weighted by Crippen LogP contribution is -2.37. The highest BCUT2D eigenvalue weighted by molar-refractivity contribution is 6.33. The summed E-state index contributed by atoms with van der Waals surface area (Å²) in [6.45, 7) is 5.53. The maximum atomic E-state index is 12.4. The molecule has 1 unspecified atom stereocenters. The van der Waals surface area contributed by atoms with E-state index < -0.39 is 6.04 Å². The molecule has 0 spiro atoms. The molecule has 0 aliphatic carbocycles. The van der Waals surface area contributed by atoms with E-state index in [4.69, 9.17) is 27.9 Å². The minimum Gasteiger partial charge on any atom is -0.465 e. The Balaban J connectivity index is 2.34. The van der Waals surface area contributed by atoms with Gasteiger partial charge in [0.2, 0.25) is 0 Å². The highest BCUT2D eigenvalue weighted by Gasteiger charge is 2.31. The Morgan fingerprint density at radius 1 is 1.38 bits per heavy atom. The molecule has 6 heteroatoms. The molecule has 1 aliphatic heterocycles. The van der Waals surface area contributed by atoms with Crippen molar-refractivity contribution in [3.63, 3.8) is 0 Å². The van der Waals surface area contributed by atoms with Crippen molar-refractivity contribution >= 4 is 29.2 Å². The van der Waals surface area contributed by atoms with E-state index in [1.54, 1.807) is 25.1 Å². The van der Waals surface area contributed by atoms with E-state index >= 15 is 0 Å². The van der Waals surface area contributed by atoms with Gasteiger partial charge in [0, 0.05) is 35.2 Å². The molecule has 4 nitrogen and oxygen atoms in total. The predicted molar refractivity (Wildman–Crippen MR) is 84.9 cm³/mol. The quantitative estimate of drug-likeness (QED) is 0.862. The summed E-state index contributed by atoms with van der Waals surface area (Å²) in [5.74, 6) is -0.274. The number of hydrogen-bond donors (Lipinski definition) is 1. The molecule has 0 radical (unpaired) electrons. The molecule has 116 valence electrons. The fourth-order valence-electron chi connectivity index (χ4n) is 2.54. The second-order valence-corrected chi connectivity index (χ2v) is 5.80. The first-order chi connectivity index (χ1) is 10.1. The van der Waals surface area contributed by atoms with Gasteiger partial charge >= 0.3 is 5.97 Å². The highest BCUT2D eigenvalue weighted by atomic mass is 35.5. The van der Waals surface area contributed by atoms with Crippen LogP contribution in [0.15, 0.2) is 18.2 Å². The summed E-state index contributed by atoms with van der Waals surface area (Å²) in [6, 6.07) is 4.70. The van der Waals surface area contributed by atoms with Gasteiger partial charge in [-0.05, 0) is 38.1 Å². The van der Waals surface area contributed by atoms with Crippen LogP contribution < -0.4 is 5.32 Å². The molecule has 1 aliphatic rings. The van der Waals surface area contributed by atoms with Gasteiger partial charge in [0.1, 0.15) is 6.04 Å². The second kappa shape index (κ2) is 7.99. The number of carbonyl (C=O) groups is 1. The standard InChI is InChI=1S/C15H20Cl2N2O2/c1-2-21-15(20)14(19-8-3-6-18-7-9-19)12-10-11(16)4-5-13(12)17/h4-5,10,14,18H,2-3,6-9H2,1H3. The van der Waals surface area contributed by atoms with Crippen LogP contribution in [0.5, 0.6) is 0 Å². The van der Waals surface area contributed by atoms with E-state index in [0.717, 1.165) is 32.6 Å². The number of benzene rings is 1. The average molecular weight is 331 g/mol. The maximum Gasteiger partial charge on any atom is 0.328 e. The smallest absolute Gasteiger partial charge is 0.328 e. The monoisotopic (exact) mass is 330 g/mol. The Morgan fingerprint density at radius 3 is 2.95 bits per heavy atom. The first-order valence-corrected chi connectivity index (χ1v) is 7.95. The minimum atomic E-state index is -0.504. The summed E-state index contributed by atoms with van der Waals surface area (Å²) in [6.07, 6.45) is 0.980. The molecule has 1 atom stereocenters. The molecule has 1 heterocycles. The van der Waals surface area contributed by atoms with Gasteiger partial charge in [0.25, 0.3) is 0 Å². The van der Waals surface area contributed by atoms with Crippen LogP contribution in [0.4, 0.5) is 0 Å². The predicted octanol–water partition coefficient (Wildman–Crippen LogP) is 2.89. The van der Waals surface area contributed by atoms with Crippen molar-refractivity contribution in [2.24, 2.45) is 0 Å². The number of nitrogens with one attached hydrogen (secondary N) is 1. The number of nitrogens with zero attached hydrogens (tertiary/aromatic N) is 1. The molecule has 1 aromatic carbocycles. The summed E-state index contributed by atoms with van der Waals surface area (Å²) in [5, 5.41) is 4.43. The molecular formula is C15H20Cl2N2O2. The fraction of sp³-hybridized carbons (Fsp3) is 0.533. The summed E-state index contributed by atoms with van der Waals surface area (Å²) in [7, 11) is 0. The molecule has 1 fully saturated rings. The van der Waals surface area contributed by atoms with Crippen molar-refractivity contribution in [1.29, 1.82) is 0 Å². The molecular weight excluding hydrogens is 311 g/mol. The van der Waals surface area contributed by atoms with Crippen molar-refractivity contribution in [3.05, 3.63) is 33.8 Å². The molecule has 0 bridgehead atoms. The normalized spacial score (nSPS) is 18.0. The van der Waals surface area contributed by atoms with Crippen molar-refractivity contribution in [2.75, 3.05) is 32.8 Å². The van der Waals surface area contributed by atoms with Gasteiger partial charge in [0.05, 0.1) is 6.61 Å². The van der Waals surface area contributed by atoms with Gasteiger partial charge in [-0.3, -0.25) is 4.90 Å². The van der Waals surface area contributed by atoms with Crippen molar-refractivity contribution in [2.45, 2.75) is 19.4 Å². The zero-order valence-corrected chi connectivity index (χ0v) is 13.6. The summed E-state index contributed by atoms with van der Waals surface area (Å²) in [5.41, 5.74) is 0.713. The third kappa shape index (κ3) is 4.33. The topological polar surface area (TPSA) is 41.6 Å². The number of esters is 1. The SMILES string of the molecule is CCOC(=O)C(c1cc(Cl)ccc1Cl)N1CCCNCC1. The number of carbonyl (C=O) groups excluding carboxylic acids is 1. The molecule has 0 aromatic heterocycles. The first kappa shape index (κ1) is 16.6. The number of ether oxygens (including phenoxy) is 1. The zero-order chi connectivity index (χ0) is 15.2. The van der Waals surface area contributed by atoms with Crippen LogP contribution in [0.25, 0.3) is 0 Å². The Bertz CT molecular complexity index is 489. The van der Waals surface area contributed by atoms with Gasteiger partial charge in [-0.15, -0.1) is 0 Å². The fourth-order valence-corrected chi connectivity index (χ4v) is 2.94. The minimum absolute atomic E-state index is 0.274. The second-order valence-electron chi connectivity index (χ2n) is 4.96. The first-order valence-electron chi connectivity index (χ1n) is 7.20. The average Bonchev–Trinajstić information content (AvgIpc) is 2.72. The third-order valence-electron chi connectivity index (χ3n) is 3.50. The van der Waals surface area contributed by atoms with E-state index in [-0.39, 0.29) is 5.97 Å². The molecule has 0 amide bonds. The van der Waals surface area contributed by atoms with Gasteiger partial charge < -0.3 is 10.1 Å². The van der Waals surface area contributed by atoms with Crippen LogP contribution in [0.1, 0.15) is 24.9 Å². The van der Waals surface area contributed by atoms with Crippen LogP contribution >= 0.6 is 23.2 Å². The van der Waals surface area contributed by atoms with Crippen molar-refractivity contribution in [3.8, 4) is 0 Å². The lowest BCUT2D eigenvalue weighted by molar-refractivity contribution is -0.149. The lowest BCUT2D eigenvalue weighted by atomic mass is 10.0. The summed E-state index contributed by atoms with van der Waals surface area (Å²) < 4.78 is 5.24. The Kier molecular flexibility index (Phi) is 6.30. The Morgan fingerprint density at radius 2 is 2.19 bits per heavy atom. The number of rotatable bonds is 4. The van der Waals surface area contributed by atoms with Gasteiger partial charge in [-0.1, -0.05) is 23.2 Å². The van der Waals surface area contributed by atoms with Gasteiger partial charge in [-0.25, -0.2) is 4.79 Å². The van der Waals surface area contributed by atoms with E-state index in [1.807, 2.05) is 0 Å².